The van der Waals surface area contributed by atoms with E-state index in [2.05, 4.69) is 135 Å². The normalized spacial score (nSPS) is 13.5. The third kappa shape index (κ3) is 83.2. The third-order valence-corrected chi connectivity index (χ3v) is 19.3. The van der Waals surface area contributed by atoms with Crippen molar-refractivity contribution in [2.75, 3.05) is 26.4 Å². The molecule has 0 aromatic carbocycles. The second kappa shape index (κ2) is 83.4. The Morgan fingerprint density at radius 3 is 0.828 bits per heavy atom. The van der Waals surface area contributed by atoms with Crippen molar-refractivity contribution in [3.05, 3.63) is 122 Å². The maximum absolute atomic E-state index is 12.8. The summed E-state index contributed by atoms with van der Waals surface area (Å²) in [5, 5.41) is 0. The highest BCUT2D eigenvalue weighted by Crippen LogP contribution is 2.43. The van der Waals surface area contributed by atoms with Crippen LogP contribution in [-0.4, -0.2) is 49.3 Å². The number of esters is 2. The van der Waals surface area contributed by atoms with Gasteiger partial charge in [-0.3, -0.25) is 18.6 Å². The summed E-state index contributed by atoms with van der Waals surface area (Å²) < 4.78 is 33.3. The number of carbonyl (C=O) groups is 2. The van der Waals surface area contributed by atoms with Crippen LogP contribution >= 0.6 is 7.82 Å². The topological polar surface area (TPSA) is 134 Å². The first-order valence-electron chi connectivity index (χ1n) is 42.0. The zero-order chi connectivity index (χ0) is 71.5. The van der Waals surface area contributed by atoms with Crippen molar-refractivity contribution >= 4 is 19.8 Å². The molecule has 0 aromatic rings. The first kappa shape index (κ1) is 95.4. The van der Waals surface area contributed by atoms with E-state index in [9.17, 15) is 19.0 Å². The van der Waals surface area contributed by atoms with E-state index in [1.165, 1.54) is 270 Å². The molecule has 0 fully saturated rings. The molecule has 2 atom stereocenters. The Bertz CT molecular complexity index is 2050. The quantitative estimate of drug-likeness (QED) is 0.0264. The van der Waals surface area contributed by atoms with E-state index in [-0.39, 0.29) is 38.6 Å². The number of ether oxygens (including phenoxy) is 2. The van der Waals surface area contributed by atoms with Gasteiger partial charge in [0.2, 0.25) is 0 Å². The molecular weight excluding hydrogens is 1240 g/mol. The molecular formula is C89H158NO8P. The van der Waals surface area contributed by atoms with Crippen LogP contribution in [0.1, 0.15) is 399 Å². The van der Waals surface area contributed by atoms with Gasteiger partial charge in [0.05, 0.1) is 13.2 Å². The van der Waals surface area contributed by atoms with Gasteiger partial charge in [0.1, 0.15) is 6.61 Å². The number of phosphoric acid groups is 1. The first-order valence-corrected chi connectivity index (χ1v) is 43.5. The monoisotopic (exact) mass is 1400 g/mol. The summed E-state index contributed by atoms with van der Waals surface area (Å²) in [7, 11) is -4.40. The van der Waals surface area contributed by atoms with E-state index < -0.39 is 26.5 Å². The van der Waals surface area contributed by atoms with Crippen LogP contribution < -0.4 is 5.73 Å². The minimum Gasteiger partial charge on any atom is -0.462 e. The summed E-state index contributed by atoms with van der Waals surface area (Å²) in [5.41, 5.74) is 5.42. The van der Waals surface area contributed by atoms with Crippen molar-refractivity contribution in [3.8, 4) is 0 Å². The minimum atomic E-state index is -4.40. The fourth-order valence-corrected chi connectivity index (χ4v) is 12.9. The second-order valence-electron chi connectivity index (χ2n) is 28.0. The SMILES string of the molecule is CC/C=C\C/C=C\C/C=C\C/C=C\C/C=C\C/C=C\C/C=C\C/C=C\CCCCCCCCCCCCCCC(=O)OC(COC(=O)CCCCCCCCCCCCCCCCCCCCCCCCCCCCCCC/C=C\C/C=C\CCCCCCC)COP(=O)(O)OCCN. The molecule has 0 radical (unpaired) electrons. The Labute approximate surface area is 612 Å². The van der Waals surface area contributed by atoms with Crippen molar-refractivity contribution in [2.45, 2.75) is 405 Å². The predicted molar refractivity (Wildman–Crippen MR) is 431 cm³/mol. The summed E-state index contributed by atoms with van der Waals surface area (Å²) in [4.78, 5) is 35.5. The van der Waals surface area contributed by atoms with Gasteiger partial charge in [-0.15, -0.1) is 0 Å². The average Bonchev–Trinajstić information content (AvgIpc) is 1.64. The highest BCUT2D eigenvalue weighted by molar-refractivity contribution is 7.47. The van der Waals surface area contributed by atoms with Crippen LogP contribution in [0.3, 0.4) is 0 Å². The van der Waals surface area contributed by atoms with Gasteiger partial charge in [0, 0.05) is 19.4 Å². The van der Waals surface area contributed by atoms with E-state index in [0.29, 0.717) is 6.42 Å². The highest BCUT2D eigenvalue weighted by Gasteiger charge is 2.26. The summed E-state index contributed by atoms with van der Waals surface area (Å²) in [6.07, 6.45) is 118. The van der Waals surface area contributed by atoms with Crippen LogP contribution in [0.4, 0.5) is 0 Å². The van der Waals surface area contributed by atoms with Crippen LogP contribution in [-0.2, 0) is 32.7 Å². The Hall–Kier alpha value is -3.59. The standard InChI is InChI=1S/C89H158NO8P/c1-3-5-7-9-11-13-15-17-19-21-23-25-27-29-31-33-35-37-39-41-42-43-44-46-47-49-51-53-55-57-59-61-63-65-67-69-71-73-75-77-79-81-88(91)95-85-87(86-97-99(93,94)96-84-83-90)98-89(92)82-80-78-76-74-72-70-68-66-64-62-60-58-56-54-52-50-48-45-40-38-36-34-32-30-28-26-24-22-20-18-16-14-12-10-8-6-4-2/h6,8,12,14-15,17-18,20-21,23-24,26,30,32,36,38,45,48,52,54,87H,3-5,7,9-11,13,16,19,22,25,27-29,31,33-35,37,39-44,46-47,49-51,53,55-86,90H2,1-2H3,(H,93,94)/b8-6-,14-12-,17-15-,20-18-,23-21-,26-24-,32-30-,38-36-,48-45-,54-52-. The Morgan fingerprint density at radius 2 is 0.556 bits per heavy atom. The molecule has 572 valence electrons. The molecule has 0 spiro atoms. The largest absolute Gasteiger partial charge is 0.472 e. The van der Waals surface area contributed by atoms with Gasteiger partial charge in [-0.2, -0.15) is 0 Å². The molecule has 0 aromatic heterocycles. The molecule has 0 aliphatic heterocycles. The maximum atomic E-state index is 12.8. The lowest BCUT2D eigenvalue weighted by Gasteiger charge is -2.19. The van der Waals surface area contributed by atoms with Gasteiger partial charge in [-0.25, -0.2) is 4.57 Å². The van der Waals surface area contributed by atoms with Gasteiger partial charge in [0.15, 0.2) is 6.10 Å². The van der Waals surface area contributed by atoms with Gasteiger partial charge >= 0.3 is 19.8 Å². The van der Waals surface area contributed by atoms with E-state index in [4.69, 9.17) is 24.3 Å². The summed E-state index contributed by atoms with van der Waals surface area (Å²) >= 11 is 0. The fourth-order valence-electron chi connectivity index (χ4n) is 12.2. The Morgan fingerprint density at radius 1 is 0.313 bits per heavy atom. The fraction of sp³-hybridized carbons (Fsp3) is 0.753. The number of nitrogens with two attached hydrogens (primary N) is 1. The first-order chi connectivity index (χ1) is 48.8. The number of carbonyl (C=O) groups excluding carboxylic acids is 2. The zero-order valence-corrected chi connectivity index (χ0v) is 65.6. The molecule has 3 N–H and O–H groups in total. The van der Waals surface area contributed by atoms with E-state index >= 15 is 0 Å². The second-order valence-corrected chi connectivity index (χ2v) is 29.4. The molecule has 0 bridgehead atoms. The molecule has 0 saturated heterocycles. The molecule has 0 rings (SSSR count). The number of rotatable bonds is 79. The number of unbranched alkanes of at least 4 members (excludes halogenated alkanes) is 46. The third-order valence-electron chi connectivity index (χ3n) is 18.3. The maximum Gasteiger partial charge on any atom is 0.472 e. The van der Waals surface area contributed by atoms with Crippen LogP contribution in [0.5, 0.6) is 0 Å². The van der Waals surface area contributed by atoms with Crippen LogP contribution in [0.2, 0.25) is 0 Å². The smallest absolute Gasteiger partial charge is 0.462 e. The molecule has 9 nitrogen and oxygen atoms in total. The van der Waals surface area contributed by atoms with Gasteiger partial charge in [0.25, 0.3) is 0 Å². The van der Waals surface area contributed by atoms with E-state index in [1.54, 1.807) is 0 Å². The lowest BCUT2D eigenvalue weighted by molar-refractivity contribution is -0.161. The van der Waals surface area contributed by atoms with Gasteiger partial charge in [-0.05, 0) is 109 Å². The van der Waals surface area contributed by atoms with Crippen molar-refractivity contribution in [3.63, 3.8) is 0 Å². The average molecular weight is 1400 g/mol. The summed E-state index contributed by atoms with van der Waals surface area (Å²) in [5.74, 6) is -0.817. The van der Waals surface area contributed by atoms with Crippen LogP contribution in [0, 0.1) is 0 Å². The molecule has 0 aliphatic rings. The minimum absolute atomic E-state index is 0.0506. The summed E-state index contributed by atoms with van der Waals surface area (Å²) in [6, 6.07) is 0. The Kier molecular flexibility index (Phi) is 80.3. The van der Waals surface area contributed by atoms with Crippen molar-refractivity contribution in [1.82, 2.24) is 0 Å². The highest BCUT2D eigenvalue weighted by atomic mass is 31.2. The molecule has 0 aliphatic carbocycles. The molecule has 0 amide bonds. The van der Waals surface area contributed by atoms with Crippen molar-refractivity contribution < 1.29 is 37.6 Å². The predicted octanol–water partition coefficient (Wildman–Crippen LogP) is 28.5. The molecule has 10 heteroatoms. The van der Waals surface area contributed by atoms with E-state index in [0.717, 1.165) is 96.3 Å². The van der Waals surface area contributed by atoms with Gasteiger partial charge < -0.3 is 20.1 Å². The zero-order valence-electron chi connectivity index (χ0n) is 64.7. The molecule has 99 heavy (non-hydrogen) atoms. The van der Waals surface area contributed by atoms with Gasteiger partial charge in [-0.1, -0.05) is 399 Å². The number of hydrogen-bond donors (Lipinski definition) is 2. The van der Waals surface area contributed by atoms with Crippen molar-refractivity contribution in [2.24, 2.45) is 5.73 Å². The number of hydrogen-bond acceptors (Lipinski definition) is 8. The van der Waals surface area contributed by atoms with Crippen molar-refractivity contribution in [1.29, 1.82) is 0 Å². The van der Waals surface area contributed by atoms with Crippen LogP contribution in [0.15, 0.2) is 122 Å². The summed E-state index contributed by atoms with van der Waals surface area (Å²) in [6.45, 7) is 3.66. The lowest BCUT2D eigenvalue weighted by Crippen LogP contribution is -2.29. The number of phosphoric ester groups is 1. The van der Waals surface area contributed by atoms with Crippen LogP contribution in [0.25, 0.3) is 0 Å². The lowest BCUT2D eigenvalue weighted by atomic mass is 10.0. The molecule has 2 unspecified atom stereocenters. The Balaban J connectivity index is 3.79. The van der Waals surface area contributed by atoms with E-state index in [1.807, 2.05) is 0 Å². The number of allylic oxidation sites excluding steroid dienone is 20. The molecule has 0 saturated carbocycles. The molecule has 0 heterocycles.